The molecule has 3 nitrogen and oxygen atoms in total. The van der Waals surface area contributed by atoms with E-state index in [2.05, 4.69) is 10.1 Å². The number of aromatic nitrogens is 2. The predicted molar refractivity (Wildman–Crippen MR) is 80.2 cm³/mol. The summed E-state index contributed by atoms with van der Waals surface area (Å²) in [5.74, 6) is 0.872. The summed E-state index contributed by atoms with van der Waals surface area (Å²) in [7, 11) is 0. The van der Waals surface area contributed by atoms with Crippen LogP contribution in [0.15, 0.2) is 47.0 Å². The van der Waals surface area contributed by atoms with Gasteiger partial charge in [-0.05, 0) is 42.5 Å². The molecule has 0 amide bonds. The lowest BCUT2D eigenvalue weighted by molar-refractivity contribution is 0.432. The summed E-state index contributed by atoms with van der Waals surface area (Å²) in [6.07, 6.45) is 0. The van der Waals surface area contributed by atoms with Gasteiger partial charge in [0.1, 0.15) is 0 Å². The van der Waals surface area contributed by atoms with Gasteiger partial charge in [0.05, 0.1) is 10.0 Å². The second kappa shape index (κ2) is 5.44. The van der Waals surface area contributed by atoms with Gasteiger partial charge in [-0.15, -0.1) is 0 Å². The molecular formula is C14H7Cl3N2O. The Bertz CT molecular complexity index is 753. The maximum absolute atomic E-state index is 5.97. The van der Waals surface area contributed by atoms with Crippen LogP contribution in [0.25, 0.3) is 22.8 Å². The number of hydrogen-bond donors (Lipinski definition) is 0. The zero-order chi connectivity index (χ0) is 14.1. The minimum absolute atomic E-state index is 0.383. The third kappa shape index (κ3) is 2.66. The Morgan fingerprint density at radius 2 is 1.50 bits per heavy atom. The van der Waals surface area contributed by atoms with Gasteiger partial charge in [-0.25, -0.2) is 0 Å². The molecule has 1 aromatic heterocycles. The second-order valence-electron chi connectivity index (χ2n) is 4.06. The molecule has 0 saturated carbocycles. The fraction of sp³-hybridized carbons (Fsp3) is 0. The third-order valence-corrected chi connectivity index (χ3v) is 3.69. The molecule has 0 atom stereocenters. The molecule has 0 N–H and O–H groups in total. The Kier molecular flexibility index (Phi) is 3.66. The summed E-state index contributed by atoms with van der Waals surface area (Å²) in [4.78, 5) is 4.33. The average Bonchev–Trinajstić information content (AvgIpc) is 2.92. The first-order valence-corrected chi connectivity index (χ1v) is 6.82. The van der Waals surface area contributed by atoms with Crippen LogP contribution >= 0.6 is 34.8 Å². The Morgan fingerprint density at radius 3 is 2.20 bits per heavy atom. The molecular weight excluding hydrogens is 319 g/mol. The van der Waals surface area contributed by atoms with E-state index in [1.807, 2.05) is 12.1 Å². The lowest BCUT2D eigenvalue weighted by Crippen LogP contribution is -1.81. The van der Waals surface area contributed by atoms with E-state index < -0.39 is 0 Å². The van der Waals surface area contributed by atoms with Crippen LogP contribution in [0.1, 0.15) is 0 Å². The van der Waals surface area contributed by atoms with Crippen molar-refractivity contribution in [2.45, 2.75) is 0 Å². The van der Waals surface area contributed by atoms with Crippen LogP contribution in [0.2, 0.25) is 15.1 Å². The van der Waals surface area contributed by atoms with E-state index >= 15 is 0 Å². The third-order valence-electron chi connectivity index (χ3n) is 2.69. The topological polar surface area (TPSA) is 38.9 Å². The number of rotatable bonds is 2. The van der Waals surface area contributed by atoms with E-state index in [1.54, 1.807) is 30.3 Å². The predicted octanol–water partition coefficient (Wildman–Crippen LogP) is 5.36. The van der Waals surface area contributed by atoms with Crippen molar-refractivity contribution < 1.29 is 4.52 Å². The van der Waals surface area contributed by atoms with Crippen molar-refractivity contribution in [1.29, 1.82) is 0 Å². The number of nitrogens with zero attached hydrogens (tertiary/aromatic N) is 2. The van der Waals surface area contributed by atoms with Crippen LogP contribution in [-0.4, -0.2) is 10.1 Å². The van der Waals surface area contributed by atoms with Crippen molar-refractivity contribution in [3.05, 3.63) is 57.5 Å². The Morgan fingerprint density at radius 1 is 0.800 bits per heavy atom. The van der Waals surface area contributed by atoms with E-state index in [9.17, 15) is 0 Å². The van der Waals surface area contributed by atoms with Gasteiger partial charge in [0, 0.05) is 16.1 Å². The monoisotopic (exact) mass is 324 g/mol. The van der Waals surface area contributed by atoms with Gasteiger partial charge < -0.3 is 4.52 Å². The molecule has 6 heteroatoms. The summed E-state index contributed by atoms with van der Waals surface area (Å²) in [6.45, 7) is 0. The Labute approximate surface area is 130 Å². The van der Waals surface area contributed by atoms with Gasteiger partial charge in [0.25, 0.3) is 5.89 Å². The van der Waals surface area contributed by atoms with Gasteiger partial charge in [0.15, 0.2) is 0 Å². The standard InChI is InChI=1S/C14H7Cl3N2O/c15-10-4-1-8(2-5-10)13-18-14(20-19-13)9-3-6-11(16)12(17)7-9/h1-7H. The maximum Gasteiger partial charge on any atom is 0.258 e. The van der Waals surface area contributed by atoms with Crippen LogP contribution < -0.4 is 0 Å². The second-order valence-corrected chi connectivity index (χ2v) is 5.31. The summed E-state index contributed by atoms with van der Waals surface area (Å²) in [6, 6.07) is 12.3. The number of halogens is 3. The van der Waals surface area contributed by atoms with Crippen LogP contribution in [0, 0.1) is 0 Å². The first-order valence-electron chi connectivity index (χ1n) is 5.68. The smallest absolute Gasteiger partial charge is 0.258 e. The molecule has 0 spiro atoms. The van der Waals surface area contributed by atoms with Crippen molar-refractivity contribution in [1.82, 2.24) is 10.1 Å². The SMILES string of the molecule is Clc1ccc(-c2noc(-c3ccc(Cl)c(Cl)c3)n2)cc1. The molecule has 0 aliphatic carbocycles. The zero-order valence-electron chi connectivity index (χ0n) is 9.98. The Hall–Kier alpha value is -1.55. The first kappa shape index (κ1) is 13.4. The fourth-order valence-corrected chi connectivity index (χ4v) is 2.11. The normalized spacial score (nSPS) is 10.8. The molecule has 2 aromatic carbocycles. The molecule has 100 valence electrons. The van der Waals surface area contributed by atoms with Gasteiger partial charge in [-0.3, -0.25) is 0 Å². The van der Waals surface area contributed by atoms with Crippen LogP contribution in [-0.2, 0) is 0 Å². The molecule has 0 bridgehead atoms. The fourth-order valence-electron chi connectivity index (χ4n) is 1.69. The molecule has 0 fully saturated rings. The van der Waals surface area contributed by atoms with Gasteiger partial charge in [-0.1, -0.05) is 40.0 Å². The molecule has 0 saturated heterocycles. The van der Waals surface area contributed by atoms with Crippen molar-refractivity contribution in [2.24, 2.45) is 0 Å². The summed E-state index contributed by atoms with van der Waals surface area (Å²) < 4.78 is 5.23. The number of benzene rings is 2. The molecule has 0 aliphatic heterocycles. The average molecular weight is 326 g/mol. The van der Waals surface area contributed by atoms with Crippen LogP contribution in [0.3, 0.4) is 0 Å². The summed E-state index contributed by atoms with van der Waals surface area (Å²) >= 11 is 17.7. The van der Waals surface area contributed by atoms with Crippen molar-refractivity contribution in [2.75, 3.05) is 0 Å². The number of hydrogen-bond acceptors (Lipinski definition) is 3. The minimum Gasteiger partial charge on any atom is -0.334 e. The highest BCUT2D eigenvalue weighted by Gasteiger charge is 2.11. The molecule has 1 heterocycles. The van der Waals surface area contributed by atoms with Gasteiger partial charge in [-0.2, -0.15) is 4.98 Å². The largest absolute Gasteiger partial charge is 0.334 e. The summed E-state index contributed by atoms with van der Waals surface area (Å²) in [5, 5.41) is 5.51. The zero-order valence-corrected chi connectivity index (χ0v) is 12.2. The van der Waals surface area contributed by atoms with Gasteiger partial charge >= 0.3 is 0 Å². The molecule has 0 unspecified atom stereocenters. The molecule has 20 heavy (non-hydrogen) atoms. The van der Waals surface area contributed by atoms with Crippen molar-refractivity contribution >= 4 is 34.8 Å². The highest BCUT2D eigenvalue weighted by atomic mass is 35.5. The van der Waals surface area contributed by atoms with Crippen molar-refractivity contribution in [3.8, 4) is 22.8 Å². The van der Waals surface area contributed by atoms with Crippen LogP contribution in [0.5, 0.6) is 0 Å². The van der Waals surface area contributed by atoms with E-state index in [-0.39, 0.29) is 0 Å². The molecule has 0 aliphatic rings. The highest BCUT2D eigenvalue weighted by Crippen LogP contribution is 2.29. The van der Waals surface area contributed by atoms with E-state index in [0.29, 0.717) is 32.3 Å². The summed E-state index contributed by atoms with van der Waals surface area (Å²) in [5.41, 5.74) is 1.54. The van der Waals surface area contributed by atoms with E-state index in [1.165, 1.54) is 0 Å². The quantitative estimate of drug-likeness (QED) is 0.636. The first-order chi connectivity index (χ1) is 9.63. The van der Waals surface area contributed by atoms with Gasteiger partial charge in [0.2, 0.25) is 5.82 Å². The van der Waals surface area contributed by atoms with Crippen molar-refractivity contribution in [3.63, 3.8) is 0 Å². The molecule has 0 radical (unpaired) electrons. The maximum atomic E-state index is 5.97. The van der Waals surface area contributed by atoms with Crippen LogP contribution in [0.4, 0.5) is 0 Å². The molecule has 3 rings (SSSR count). The lowest BCUT2D eigenvalue weighted by atomic mass is 10.2. The lowest BCUT2D eigenvalue weighted by Gasteiger charge is -1.97. The highest BCUT2D eigenvalue weighted by molar-refractivity contribution is 6.42. The molecule has 3 aromatic rings. The Balaban J connectivity index is 1.97. The van der Waals surface area contributed by atoms with E-state index in [4.69, 9.17) is 39.3 Å². The van der Waals surface area contributed by atoms with E-state index in [0.717, 1.165) is 5.56 Å². The minimum atomic E-state index is 0.383.